The van der Waals surface area contributed by atoms with Crippen LogP contribution in [0.5, 0.6) is 11.6 Å². The van der Waals surface area contributed by atoms with Crippen molar-refractivity contribution in [1.29, 1.82) is 0 Å². The van der Waals surface area contributed by atoms with Crippen LogP contribution in [0.4, 0.5) is 5.69 Å². The van der Waals surface area contributed by atoms with E-state index in [9.17, 15) is 0 Å². The summed E-state index contributed by atoms with van der Waals surface area (Å²) in [5.41, 5.74) is 8.23. The summed E-state index contributed by atoms with van der Waals surface area (Å²) in [5, 5.41) is 0. The maximum absolute atomic E-state index is 5.67. The highest BCUT2D eigenvalue weighted by Crippen LogP contribution is 2.21. The van der Waals surface area contributed by atoms with Gasteiger partial charge in [-0.25, -0.2) is 4.98 Å². The Morgan fingerprint density at radius 3 is 2.56 bits per heavy atom. The number of pyridine rings is 2. The van der Waals surface area contributed by atoms with Gasteiger partial charge in [0.15, 0.2) is 0 Å². The number of nitrogen functional groups attached to an aromatic ring is 1. The highest BCUT2D eigenvalue weighted by Gasteiger charge is 2.01. The summed E-state index contributed by atoms with van der Waals surface area (Å²) in [7, 11) is 0. The van der Waals surface area contributed by atoms with E-state index in [1.54, 1.807) is 18.5 Å². The van der Waals surface area contributed by atoms with Crippen molar-refractivity contribution in [2.24, 2.45) is 0 Å². The first kappa shape index (κ1) is 10.4. The Bertz CT molecular complexity index is 494. The second-order valence-corrected chi connectivity index (χ2v) is 3.62. The van der Waals surface area contributed by atoms with E-state index in [-0.39, 0.29) is 0 Å². The first-order chi connectivity index (χ1) is 7.65. The Labute approximate surface area is 94.1 Å². The highest BCUT2D eigenvalue weighted by molar-refractivity contribution is 5.45. The average molecular weight is 215 g/mol. The number of ether oxygens (including phenoxy) is 1. The van der Waals surface area contributed by atoms with Crippen LogP contribution in [-0.2, 0) is 0 Å². The van der Waals surface area contributed by atoms with Crippen LogP contribution in [0, 0.1) is 13.8 Å². The number of nitrogens with zero attached hydrogens (tertiary/aromatic N) is 2. The van der Waals surface area contributed by atoms with E-state index in [1.807, 2.05) is 26.0 Å². The Hall–Kier alpha value is -2.10. The fourth-order valence-corrected chi connectivity index (χ4v) is 1.23. The third-order valence-electron chi connectivity index (χ3n) is 2.23. The molecule has 0 radical (unpaired) electrons. The second kappa shape index (κ2) is 4.18. The molecular weight excluding hydrogens is 202 g/mol. The molecule has 0 saturated carbocycles. The van der Waals surface area contributed by atoms with Crippen LogP contribution in [0.25, 0.3) is 0 Å². The maximum Gasteiger partial charge on any atom is 0.219 e. The summed E-state index contributed by atoms with van der Waals surface area (Å²) in [6.07, 6.45) is 3.26. The van der Waals surface area contributed by atoms with Crippen LogP contribution in [0.2, 0.25) is 0 Å². The van der Waals surface area contributed by atoms with Gasteiger partial charge in [0.2, 0.25) is 5.88 Å². The fraction of sp³-hybridized carbons (Fsp3) is 0.167. The van der Waals surface area contributed by atoms with Crippen LogP contribution in [0.3, 0.4) is 0 Å². The first-order valence-electron chi connectivity index (χ1n) is 4.98. The lowest BCUT2D eigenvalue weighted by Crippen LogP contribution is -1.94. The van der Waals surface area contributed by atoms with Gasteiger partial charge >= 0.3 is 0 Å². The molecule has 0 aliphatic rings. The predicted octanol–water partition coefficient (Wildman–Crippen LogP) is 2.47. The quantitative estimate of drug-likeness (QED) is 0.835. The van der Waals surface area contributed by atoms with E-state index in [4.69, 9.17) is 10.5 Å². The van der Waals surface area contributed by atoms with Crippen molar-refractivity contribution in [2.75, 3.05) is 5.73 Å². The van der Waals surface area contributed by atoms with Crippen LogP contribution < -0.4 is 10.5 Å². The molecule has 0 amide bonds. The molecule has 0 saturated heterocycles. The second-order valence-electron chi connectivity index (χ2n) is 3.62. The summed E-state index contributed by atoms with van der Waals surface area (Å²) in [4.78, 5) is 8.22. The number of nitrogens with two attached hydrogens (primary N) is 1. The molecule has 2 heterocycles. The van der Waals surface area contributed by atoms with E-state index in [0.29, 0.717) is 17.3 Å². The number of aryl methyl sites for hydroxylation is 2. The molecule has 0 fully saturated rings. The zero-order valence-corrected chi connectivity index (χ0v) is 9.27. The number of anilines is 1. The molecule has 0 spiro atoms. The fourth-order valence-electron chi connectivity index (χ4n) is 1.23. The molecule has 0 atom stereocenters. The number of rotatable bonds is 2. The first-order valence-corrected chi connectivity index (χ1v) is 4.98. The topological polar surface area (TPSA) is 61.0 Å². The molecule has 2 aromatic rings. The van der Waals surface area contributed by atoms with Crippen molar-refractivity contribution in [2.45, 2.75) is 13.8 Å². The summed E-state index contributed by atoms with van der Waals surface area (Å²) in [6, 6.07) is 5.55. The summed E-state index contributed by atoms with van der Waals surface area (Å²) >= 11 is 0. The molecular formula is C12H13N3O. The van der Waals surface area contributed by atoms with E-state index in [1.165, 1.54) is 0 Å². The number of hydrogen-bond acceptors (Lipinski definition) is 4. The maximum atomic E-state index is 5.67. The van der Waals surface area contributed by atoms with E-state index < -0.39 is 0 Å². The lowest BCUT2D eigenvalue weighted by Gasteiger charge is -2.06. The Morgan fingerprint density at radius 1 is 1.12 bits per heavy atom. The third kappa shape index (κ3) is 2.28. The minimum absolute atomic E-state index is 0.525. The van der Waals surface area contributed by atoms with Gasteiger partial charge in [0.05, 0.1) is 18.1 Å². The third-order valence-corrected chi connectivity index (χ3v) is 2.23. The molecule has 0 aliphatic carbocycles. The van der Waals surface area contributed by atoms with Crippen molar-refractivity contribution in [3.63, 3.8) is 0 Å². The standard InChI is InChI=1S/C12H13N3O/c1-8-5-12(15-7-11(8)13)16-10-4-3-9(2)14-6-10/h3-7H,13H2,1-2H3. The molecule has 82 valence electrons. The normalized spacial score (nSPS) is 10.1. The lowest BCUT2D eigenvalue weighted by atomic mass is 10.2. The van der Waals surface area contributed by atoms with Gasteiger partial charge in [0.25, 0.3) is 0 Å². The highest BCUT2D eigenvalue weighted by atomic mass is 16.5. The van der Waals surface area contributed by atoms with Crippen LogP contribution in [-0.4, -0.2) is 9.97 Å². The molecule has 0 aromatic carbocycles. The summed E-state index contributed by atoms with van der Waals surface area (Å²) in [6.45, 7) is 3.84. The monoisotopic (exact) mass is 215 g/mol. The van der Waals surface area contributed by atoms with Gasteiger partial charge in [-0.3, -0.25) is 4.98 Å². The van der Waals surface area contributed by atoms with Gasteiger partial charge < -0.3 is 10.5 Å². The van der Waals surface area contributed by atoms with Gasteiger partial charge in [0, 0.05) is 11.8 Å². The number of hydrogen-bond donors (Lipinski definition) is 1. The van der Waals surface area contributed by atoms with Crippen molar-refractivity contribution < 1.29 is 4.74 Å². The summed E-state index contributed by atoms with van der Waals surface area (Å²) < 4.78 is 5.54. The van der Waals surface area contributed by atoms with Crippen LogP contribution in [0.15, 0.2) is 30.6 Å². The van der Waals surface area contributed by atoms with Crippen molar-refractivity contribution in [1.82, 2.24) is 9.97 Å². The predicted molar refractivity (Wildman–Crippen MR) is 62.4 cm³/mol. The molecule has 0 aliphatic heterocycles. The van der Waals surface area contributed by atoms with Gasteiger partial charge in [-0.15, -0.1) is 0 Å². The SMILES string of the molecule is Cc1ccc(Oc2cc(C)c(N)cn2)cn1. The van der Waals surface area contributed by atoms with Crippen molar-refractivity contribution in [3.8, 4) is 11.6 Å². The van der Waals surface area contributed by atoms with Crippen molar-refractivity contribution in [3.05, 3.63) is 41.9 Å². The zero-order valence-electron chi connectivity index (χ0n) is 9.27. The van der Waals surface area contributed by atoms with Gasteiger partial charge in [-0.1, -0.05) is 0 Å². The van der Waals surface area contributed by atoms with Crippen LogP contribution in [0.1, 0.15) is 11.3 Å². The van der Waals surface area contributed by atoms with Crippen molar-refractivity contribution >= 4 is 5.69 Å². The van der Waals surface area contributed by atoms with E-state index in [0.717, 1.165) is 11.3 Å². The smallest absolute Gasteiger partial charge is 0.219 e. The molecule has 16 heavy (non-hydrogen) atoms. The zero-order chi connectivity index (χ0) is 11.5. The number of aromatic nitrogens is 2. The summed E-state index contributed by atoms with van der Waals surface area (Å²) in [5.74, 6) is 1.19. The Morgan fingerprint density at radius 2 is 1.94 bits per heavy atom. The minimum atomic E-state index is 0.525. The molecule has 2 aromatic heterocycles. The molecule has 4 nitrogen and oxygen atoms in total. The van der Waals surface area contributed by atoms with Gasteiger partial charge in [0.1, 0.15) is 5.75 Å². The molecule has 0 bridgehead atoms. The van der Waals surface area contributed by atoms with Gasteiger partial charge in [-0.05, 0) is 31.5 Å². The van der Waals surface area contributed by atoms with E-state index >= 15 is 0 Å². The Balaban J connectivity index is 2.20. The molecule has 0 unspecified atom stereocenters. The van der Waals surface area contributed by atoms with Gasteiger partial charge in [-0.2, -0.15) is 0 Å². The average Bonchev–Trinajstić information content (AvgIpc) is 2.27. The molecule has 2 N–H and O–H groups in total. The largest absolute Gasteiger partial charge is 0.437 e. The minimum Gasteiger partial charge on any atom is -0.437 e. The lowest BCUT2D eigenvalue weighted by molar-refractivity contribution is 0.460. The molecule has 2 rings (SSSR count). The van der Waals surface area contributed by atoms with E-state index in [2.05, 4.69) is 9.97 Å². The Kier molecular flexibility index (Phi) is 2.72. The van der Waals surface area contributed by atoms with Crippen LogP contribution >= 0.6 is 0 Å². The molecule has 4 heteroatoms.